The van der Waals surface area contributed by atoms with Crippen molar-refractivity contribution in [2.45, 2.75) is 6.42 Å². The van der Waals surface area contributed by atoms with Gasteiger partial charge < -0.3 is 10.1 Å². The summed E-state index contributed by atoms with van der Waals surface area (Å²) in [5.74, 6) is 0.282. The first-order valence-corrected chi connectivity index (χ1v) is 9.48. The van der Waals surface area contributed by atoms with Crippen LogP contribution in [0.3, 0.4) is 0 Å². The molecule has 8 heteroatoms. The zero-order chi connectivity index (χ0) is 17.2. The Morgan fingerprint density at radius 1 is 1.38 bits per heavy atom. The van der Waals surface area contributed by atoms with Crippen molar-refractivity contribution in [2.24, 2.45) is 5.92 Å². The van der Waals surface area contributed by atoms with Gasteiger partial charge in [-0.25, -0.2) is 13.1 Å². The molecule has 1 aliphatic rings. The van der Waals surface area contributed by atoms with Crippen LogP contribution >= 0.6 is 0 Å². The zero-order valence-electron chi connectivity index (χ0n) is 13.3. The fourth-order valence-corrected chi connectivity index (χ4v) is 4.59. The summed E-state index contributed by atoms with van der Waals surface area (Å²) in [6.45, 7) is 0.319. The van der Waals surface area contributed by atoms with Gasteiger partial charge in [-0.2, -0.15) is 5.10 Å². The van der Waals surface area contributed by atoms with E-state index >= 15 is 0 Å². The van der Waals surface area contributed by atoms with Crippen LogP contribution in [0.2, 0.25) is 0 Å². The highest BCUT2D eigenvalue weighted by atomic mass is 32.2. The van der Waals surface area contributed by atoms with Crippen LogP contribution in [0.1, 0.15) is 16.9 Å². The Hall–Kier alpha value is -2.35. The number of rotatable bonds is 5. The van der Waals surface area contributed by atoms with Crippen molar-refractivity contribution in [1.29, 1.82) is 0 Å². The first-order chi connectivity index (χ1) is 11.5. The monoisotopic (exact) mass is 349 g/mol. The van der Waals surface area contributed by atoms with Crippen LogP contribution in [0.25, 0.3) is 5.69 Å². The lowest BCUT2D eigenvalue weighted by atomic mass is 10.1. The highest BCUT2D eigenvalue weighted by Gasteiger charge is 2.28. The number of ether oxygens (including phenoxy) is 1. The quantitative estimate of drug-likeness (QED) is 0.871. The second-order valence-corrected chi connectivity index (χ2v) is 8.03. The van der Waals surface area contributed by atoms with E-state index in [0.717, 1.165) is 5.69 Å². The molecule has 0 spiro atoms. The van der Waals surface area contributed by atoms with Crippen molar-refractivity contribution in [3.05, 3.63) is 42.2 Å². The number of carbonyl (C=O) groups excluding carboxylic acids is 1. The molecule has 1 aliphatic heterocycles. The van der Waals surface area contributed by atoms with Crippen LogP contribution in [0.15, 0.2) is 36.5 Å². The number of nitrogens with one attached hydrogen (secondary N) is 1. The van der Waals surface area contributed by atoms with Gasteiger partial charge in [0.25, 0.3) is 5.91 Å². The Balaban J connectivity index is 1.71. The van der Waals surface area contributed by atoms with E-state index in [0.29, 0.717) is 18.7 Å². The van der Waals surface area contributed by atoms with E-state index < -0.39 is 9.84 Å². The average molecular weight is 349 g/mol. The number of benzene rings is 1. The Morgan fingerprint density at radius 2 is 2.12 bits per heavy atom. The minimum absolute atomic E-state index is 0.0406. The largest absolute Gasteiger partial charge is 0.493 e. The van der Waals surface area contributed by atoms with E-state index in [4.69, 9.17) is 4.74 Å². The number of carbonyl (C=O) groups is 1. The Kier molecular flexibility index (Phi) is 4.57. The van der Waals surface area contributed by atoms with Crippen molar-refractivity contribution >= 4 is 15.7 Å². The van der Waals surface area contributed by atoms with Crippen molar-refractivity contribution < 1.29 is 17.9 Å². The van der Waals surface area contributed by atoms with Crippen molar-refractivity contribution in [3.8, 4) is 11.4 Å². The molecule has 1 aromatic heterocycles. The van der Waals surface area contributed by atoms with Crippen LogP contribution in [0.5, 0.6) is 5.75 Å². The standard InChI is InChI=1S/C16H19N3O4S/c1-23-14-10-19(13-5-3-2-4-6-13)18-15(14)16(20)17-9-12-7-8-24(21,22)11-12/h2-6,10,12H,7-9,11H2,1H3,(H,17,20). The molecule has 1 N–H and O–H groups in total. The third-order valence-corrected chi connectivity index (χ3v) is 5.85. The number of para-hydroxylation sites is 1. The molecule has 3 rings (SSSR count). The Labute approximate surface area is 140 Å². The number of sulfone groups is 1. The molecule has 1 unspecified atom stereocenters. The zero-order valence-corrected chi connectivity index (χ0v) is 14.1. The minimum atomic E-state index is -2.95. The van der Waals surface area contributed by atoms with Gasteiger partial charge in [0.15, 0.2) is 21.3 Å². The van der Waals surface area contributed by atoms with Crippen molar-refractivity contribution in [1.82, 2.24) is 15.1 Å². The molecule has 1 aromatic carbocycles. The fourth-order valence-electron chi connectivity index (χ4n) is 2.73. The van der Waals surface area contributed by atoms with Gasteiger partial charge in [-0.1, -0.05) is 18.2 Å². The molecule has 1 atom stereocenters. The van der Waals surface area contributed by atoms with E-state index in [1.54, 1.807) is 10.9 Å². The minimum Gasteiger partial charge on any atom is -0.493 e. The van der Waals surface area contributed by atoms with E-state index in [-0.39, 0.29) is 29.0 Å². The maximum Gasteiger partial charge on any atom is 0.275 e. The maximum absolute atomic E-state index is 12.4. The van der Waals surface area contributed by atoms with Gasteiger partial charge in [0.2, 0.25) is 0 Å². The molecule has 1 fully saturated rings. The molecule has 7 nitrogen and oxygen atoms in total. The van der Waals surface area contributed by atoms with Gasteiger partial charge >= 0.3 is 0 Å². The van der Waals surface area contributed by atoms with Gasteiger partial charge in [0.1, 0.15) is 0 Å². The van der Waals surface area contributed by atoms with Gasteiger partial charge in [-0.3, -0.25) is 4.79 Å². The number of aromatic nitrogens is 2. The molecule has 0 radical (unpaired) electrons. The van der Waals surface area contributed by atoms with E-state index in [9.17, 15) is 13.2 Å². The number of methoxy groups -OCH3 is 1. The third kappa shape index (κ3) is 3.59. The fraction of sp³-hybridized carbons (Fsp3) is 0.375. The summed E-state index contributed by atoms with van der Waals surface area (Å²) < 4.78 is 29.7. The van der Waals surface area contributed by atoms with Crippen LogP contribution < -0.4 is 10.1 Å². The number of hydrogen-bond donors (Lipinski definition) is 1. The SMILES string of the molecule is COc1cn(-c2ccccc2)nc1C(=O)NCC1CCS(=O)(=O)C1. The molecule has 2 aromatic rings. The Bertz CT molecular complexity index is 830. The number of nitrogens with zero attached hydrogens (tertiary/aromatic N) is 2. The lowest BCUT2D eigenvalue weighted by Gasteiger charge is -2.09. The average Bonchev–Trinajstić information content (AvgIpc) is 3.16. The van der Waals surface area contributed by atoms with Crippen LogP contribution in [-0.4, -0.2) is 49.3 Å². The molecular weight excluding hydrogens is 330 g/mol. The topological polar surface area (TPSA) is 90.3 Å². The smallest absolute Gasteiger partial charge is 0.275 e. The highest BCUT2D eigenvalue weighted by molar-refractivity contribution is 7.91. The predicted octanol–water partition coefficient (Wildman–Crippen LogP) is 1.05. The maximum atomic E-state index is 12.4. The van der Waals surface area contributed by atoms with E-state index in [1.807, 2.05) is 30.3 Å². The van der Waals surface area contributed by atoms with Gasteiger partial charge in [0.05, 0.1) is 30.5 Å². The molecule has 1 saturated heterocycles. The van der Waals surface area contributed by atoms with Crippen LogP contribution in [0.4, 0.5) is 0 Å². The summed E-state index contributed by atoms with van der Waals surface area (Å²) in [5, 5.41) is 7.05. The molecule has 24 heavy (non-hydrogen) atoms. The van der Waals surface area contributed by atoms with E-state index in [1.165, 1.54) is 7.11 Å². The molecule has 1 amide bonds. The number of amides is 1. The summed E-state index contributed by atoms with van der Waals surface area (Å²) in [7, 11) is -1.47. The molecular formula is C16H19N3O4S. The first kappa shape index (κ1) is 16.5. The summed E-state index contributed by atoms with van der Waals surface area (Å²) >= 11 is 0. The first-order valence-electron chi connectivity index (χ1n) is 7.66. The summed E-state index contributed by atoms with van der Waals surface area (Å²) in [6.07, 6.45) is 2.22. The van der Waals surface area contributed by atoms with Gasteiger partial charge in [0, 0.05) is 6.54 Å². The second-order valence-electron chi connectivity index (χ2n) is 5.81. The second kappa shape index (κ2) is 6.64. The molecule has 2 heterocycles. The lowest BCUT2D eigenvalue weighted by Crippen LogP contribution is -2.30. The van der Waals surface area contributed by atoms with Gasteiger partial charge in [-0.15, -0.1) is 0 Å². The van der Waals surface area contributed by atoms with E-state index in [2.05, 4.69) is 10.4 Å². The Morgan fingerprint density at radius 3 is 2.75 bits per heavy atom. The normalized spacial score (nSPS) is 19.1. The third-order valence-electron chi connectivity index (χ3n) is 4.01. The molecule has 0 saturated carbocycles. The number of hydrogen-bond acceptors (Lipinski definition) is 5. The molecule has 128 valence electrons. The van der Waals surface area contributed by atoms with Crippen LogP contribution in [-0.2, 0) is 9.84 Å². The summed E-state index contributed by atoms with van der Waals surface area (Å²) in [6, 6.07) is 9.40. The van der Waals surface area contributed by atoms with Gasteiger partial charge in [-0.05, 0) is 24.5 Å². The van der Waals surface area contributed by atoms with Crippen LogP contribution in [0, 0.1) is 5.92 Å². The van der Waals surface area contributed by atoms with Crippen molar-refractivity contribution in [3.63, 3.8) is 0 Å². The molecule has 0 bridgehead atoms. The predicted molar refractivity (Wildman–Crippen MR) is 89.2 cm³/mol. The lowest BCUT2D eigenvalue weighted by molar-refractivity contribution is 0.0940. The highest BCUT2D eigenvalue weighted by Crippen LogP contribution is 2.20. The summed E-state index contributed by atoms with van der Waals surface area (Å²) in [5.41, 5.74) is 0.999. The van der Waals surface area contributed by atoms with Crippen molar-refractivity contribution in [2.75, 3.05) is 25.2 Å². The molecule has 0 aliphatic carbocycles. The summed E-state index contributed by atoms with van der Waals surface area (Å²) in [4.78, 5) is 12.4.